The van der Waals surface area contributed by atoms with Crippen molar-refractivity contribution in [2.45, 2.75) is 19.0 Å². The van der Waals surface area contributed by atoms with Gasteiger partial charge in [0.05, 0.1) is 0 Å². The second-order valence-electron chi connectivity index (χ2n) is 6.65. The lowest BCUT2D eigenvalue weighted by molar-refractivity contribution is -0.133. The van der Waals surface area contributed by atoms with Crippen LogP contribution < -0.4 is 5.32 Å². The van der Waals surface area contributed by atoms with Gasteiger partial charge in [0, 0.05) is 44.8 Å². The van der Waals surface area contributed by atoms with Gasteiger partial charge in [0.2, 0.25) is 5.91 Å². The van der Waals surface area contributed by atoms with E-state index in [1.165, 1.54) is 11.1 Å². The average Bonchev–Trinajstić information content (AvgIpc) is 3.07. The van der Waals surface area contributed by atoms with Crippen molar-refractivity contribution in [1.29, 1.82) is 0 Å². The summed E-state index contributed by atoms with van der Waals surface area (Å²) < 4.78 is 0. The van der Waals surface area contributed by atoms with Crippen molar-refractivity contribution < 1.29 is 4.79 Å². The first kappa shape index (κ1) is 15.2. The van der Waals surface area contributed by atoms with E-state index in [-0.39, 0.29) is 11.9 Å². The first-order valence-corrected chi connectivity index (χ1v) is 8.69. The topological polar surface area (TPSA) is 35.6 Å². The Bertz CT molecular complexity index is 683. The lowest BCUT2D eigenvalue weighted by atomic mass is 10.1. The second kappa shape index (κ2) is 6.65. The molecule has 2 aliphatic heterocycles. The van der Waals surface area contributed by atoms with Crippen molar-refractivity contribution in [3.8, 4) is 0 Å². The summed E-state index contributed by atoms with van der Waals surface area (Å²) in [5.74, 6) is 0.241. The van der Waals surface area contributed by atoms with Gasteiger partial charge in [-0.1, -0.05) is 48.5 Å². The third-order valence-corrected chi connectivity index (χ3v) is 5.00. The normalized spacial score (nSPS) is 20.5. The molecule has 4 nitrogen and oxygen atoms in total. The molecular formula is C20H23N3O. The van der Waals surface area contributed by atoms with Gasteiger partial charge in [-0.25, -0.2) is 0 Å². The third-order valence-electron chi connectivity index (χ3n) is 5.00. The van der Waals surface area contributed by atoms with Gasteiger partial charge in [0.1, 0.15) is 6.04 Å². The van der Waals surface area contributed by atoms with Crippen LogP contribution in [0.25, 0.3) is 0 Å². The summed E-state index contributed by atoms with van der Waals surface area (Å²) in [5, 5.41) is 3.38. The zero-order chi connectivity index (χ0) is 16.4. The van der Waals surface area contributed by atoms with Crippen LogP contribution in [0.1, 0.15) is 11.1 Å². The van der Waals surface area contributed by atoms with E-state index in [2.05, 4.69) is 46.6 Å². The van der Waals surface area contributed by atoms with Crippen molar-refractivity contribution in [2.24, 2.45) is 0 Å². The van der Waals surface area contributed by atoms with Crippen LogP contribution in [0.15, 0.2) is 54.6 Å². The minimum absolute atomic E-state index is 0.0944. The van der Waals surface area contributed by atoms with Gasteiger partial charge in [0.25, 0.3) is 0 Å². The van der Waals surface area contributed by atoms with Crippen molar-refractivity contribution >= 4 is 11.6 Å². The predicted octanol–water partition coefficient (Wildman–Crippen LogP) is 2.37. The molecule has 2 heterocycles. The smallest absolute Gasteiger partial charge is 0.245 e. The molecule has 2 aromatic rings. The molecule has 2 aromatic carbocycles. The Labute approximate surface area is 143 Å². The Morgan fingerprint density at radius 3 is 2.42 bits per heavy atom. The number of hydrogen-bond donors (Lipinski definition) is 1. The standard InChI is InChI=1S/C20H23N3O/c24-20(19-14-17-8-4-5-9-18(17)21-19)23-12-10-22(11-13-23)15-16-6-2-1-3-7-16/h1-9,19,21H,10-15H2/t19-/m0/s1. The molecule has 1 amide bonds. The summed E-state index contributed by atoms with van der Waals surface area (Å²) in [5.41, 5.74) is 3.70. The zero-order valence-electron chi connectivity index (χ0n) is 13.8. The summed E-state index contributed by atoms with van der Waals surface area (Å²) in [7, 11) is 0. The SMILES string of the molecule is O=C([C@@H]1Cc2ccccc2N1)N1CCN(Cc2ccccc2)CC1. The summed E-state index contributed by atoms with van der Waals surface area (Å²) in [4.78, 5) is 17.2. The van der Waals surface area contributed by atoms with Crippen LogP contribution in [-0.2, 0) is 17.8 Å². The fourth-order valence-electron chi connectivity index (χ4n) is 3.64. The van der Waals surface area contributed by atoms with E-state index in [0.29, 0.717) is 0 Å². The van der Waals surface area contributed by atoms with E-state index < -0.39 is 0 Å². The van der Waals surface area contributed by atoms with Crippen LogP contribution in [0.3, 0.4) is 0 Å². The number of carbonyl (C=O) groups excluding carboxylic acids is 1. The number of para-hydroxylation sites is 1. The number of piperazine rings is 1. The Kier molecular flexibility index (Phi) is 4.22. The highest BCUT2D eigenvalue weighted by Crippen LogP contribution is 2.26. The van der Waals surface area contributed by atoms with E-state index in [1.807, 2.05) is 23.1 Å². The monoisotopic (exact) mass is 321 g/mol. The number of carbonyl (C=O) groups is 1. The lowest BCUT2D eigenvalue weighted by Gasteiger charge is -2.36. The molecule has 124 valence electrons. The Morgan fingerprint density at radius 2 is 1.67 bits per heavy atom. The molecule has 24 heavy (non-hydrogen) atoms. The Morgan fingerprint density at radius 1 is 0.958 bits per heavy atom. The molecule has 0 spiro atoms. The van der Waals surface area contributed by atoms with E-state index in [1.54, 1.807) is 0 Å². The maximum Gasteiger partial charge on any atom is 0.245 e. The van der Waals surface area contributed by atoms with Crippen molar-refractivity contribution in [1.82, 2.24) is 9.80 Å². The average molecular weight is 321 g/mol. The molecule has 0 bridgehead atoms. The minimum atomic E-state index is -0.0944. The molecule has 2 aliphatic rings. The first-order chi connectivity index (χ1) is 11.8. The van der Waals surface area contributed by atoms with Gasteiger partial charge in [-0.2, -0.15) is 0 Å². The number of anilines is 1. The molecule has 0 saturated carbocycles. The first-order valence-electron chi connectivity index (χ1n) is 8.69. The molecule has 1 saturated heterocycles. The molecule has 1 fully saturated rings. The summed E-state index contributed by atoms with van der Waals surface area (Å²) in [6.07, 6.45) is 0.805. The lowest BCUT2D eigenvalue weighted by Crippen LogP contribution is -2.52. The fourth-order valence-corrected chi connectivity index (χ4v) is 3.64. The van der Waals surface area contributed by atoms with Gasteiger partial charge >= 0.3 is 0 Å². The quantitative estimate of drug-likeness (QED) is 0.943. The van der Waals surface area contributed by atoms with Gasteiger partial charge in [-0.05, 0) is 17.2 Å². The number of fused-ring (bicyclic) bond motifs is 1. The molecule has 0 aliphatic carbocycles. The fraction of sp³-hybridized carbons (Fsp3) is 0.350. The number of rotatable bonds is 3. The van der Waals surface area contributed by atoms with Crippen LogP contribution in [0.2, 0.25) is 0 Å². The molecule has 1 atom stereocenters. The van der Waals surface area contributed by atoms with E-state index >= 15 is 0 Å². The maximum atomic E-state index is 12.8. The number of nitrogens with zero attached hydrogens (tertiary/aromatic N) is 2. The summed E-state index contributed by atoms with van der Waals surface area (Å²) in [6, 6.07) is 18.7. The number of benzene rings is 2. The van der Waals surface area contributed by atoms with Crippen LogP contribution in [0.4, 0.5) is 5.69 Å². The van der Waals surface area contributed by atoms with Crippen LogP contribution in [-0.4, -0.2) is 47.9 Å². The minimum Gasteiger partial charge on any atom is -0.373 e. The molecule has 1 N–H and O–H groups in total. The molecule has 0 aromatic heterocycles. The van der Waals surface area contributed by atoms with Gasteiger partial charge in [0.15, 0.2) is 0 Å². The van der Waals surface area contributed by atoms with Crippen LogP contribution in [0.5, 0.6) is 0 Å². The van der Waals surface area contributed by atoms with E-state index in [0.717, 1.165) is 44.8 Å². The van der Waals surface area contributed by atoms with E-state index in [4.69, 9.17) is 0 Å². The largest absolute Gasteiger partial charge is 0.373 e. The number of amides is 1. The highest BCUT2D eigenvalue weighted by Gasteiger charge is 2.31. The van der Waals surface area contributed by atoms with Crippen molar-refractivity contribution in [2.75, 3.05) is 31.5 Å². The molecule has 4 heteroatoms. The van der Waals surface area contributed by atoms with E-state index in [9.17, 15) is 4.79 Å². The zero-order valence-corrected chi connectivity index (χ0v) is 13.8. The highest BCUT2D eigenvalue weighted by molar-refractivity contribution is 5.87. The van der Waals surface area contributed by atoms with Gasteiger partial charge in [-0.3, -0.25) is 9.69 Å². The second-order valence-corrected chi connectivity index (χ2v) is 6.65. The van der Waals surface area contributed by atoms with Crippen LogP contribution >= 0.6 is 0 Å². The molecule has 4 rings (SSSR count). The Balaban J connectivity index is 1.31. The maximum absolute atomic E-state index is 12.8. The van der Waals surface area contributed by atoms with Gasteiger partial charge in [-0.15, -0.1) is 0 Å². The number of nitrogens with one attached hydrogen (secondary N) is 1. The number of hydrogen-bond acceptors (Lipinski definition) is 3. The Hall–Kier alpha value is -2.33. The van der Waals surface area contributed by atoms with Crippen molar-refractivity contribution in [3.63, 3.8) is 0 Å². The molecule has 0 radical (unpaired) electrons. The summed E-state index contributed by atoms with van der Waals surface area (Å²) >= 11 is 0. The highest BCUT2D eigenvalue weighted by atomic mass is 16.2. The van der Waals surface area contributed by atoms with Crippen molar-refractivity contribution in [3.05, 3.63) is 65.7 Å². The molecule has 0 unspecified atom stereocenters. The molecular weight excluding hydrogens is 298 g/mol. The predicted molar refractivity (Wildman–Crippen MR) is 95.9 cm³/mol. The van der Waals surface area contributed by atoms with Gasteiger partial charge < -0.3 is 10.2 Å². The summed E-state index contributed by atoms with van der Waals surface area (Å²) in [6.45, 7) is 4.50. The third kappa shape index (κ3) is 3.15. The van der Waals surface area contributed by atoms with Crippen LogP contribution in [0, 0.1) is 0 Å².